The summed E-state index contributed by atoms with van der Waals surface area (Å²) in [5.41, 5.74) is 1.70. The Balaban J connectivity index is 1.97. The highest BCUT2D eigenvalue weighted by Gasteiger charge is 2.09. The number of nitrogens with zero attached hydrogens (tertiary/aromatic N) is 2. The van der Waals surface area contributed by atoms with Gasteiger partial charge in [-0.25, -0.2) is 4.98 Å². The Morgan fingerprint density at radius 1 is 1.36 bits per heavy atom. The van der Waals surface area contributed by atoms with E-state index in [0.29, 0.717) is 6.54 Å². The van der Waals surface area contributed by atoms with Crippen molar-refractivity contribution in [2.45, 2.75) is 13.0 Å². The third-order valence-electron chi connectivity index (χ3n) is 3.14. The van der Waals surface area contributed by atoms with Crippen molar-refractivity contribution in [3.05, 3.63) is 52.7 Å². The van der Waals surface area contributed by atoms with Crippen molar-refractivity contribution in [2.75, 3.05) is 19.0 Å². The molecule has 1 aromatic carbocycles. The van der Waals surface area contributed by atoms with E-state index in [2.05, 4.69) is 10.3 Å². The molecule has 1 heterocycles. The predicted molar refractivity (Wildman–Crippen MR) is 87.2 cm³/mol. The van der Waals surface area contributed by atoms with E-state index >= 15 is 0 Å². The van der Waals surface area contributed by atoms with Gasteiger partial charge in [-0.2, -0.15) is 0 Å². The van der Waals surface area contributed by atoms with Crippen LogP contribution >= 0.6 is 11.6 Å². The van der Waals surface area contributed by atoms with Crippen LogP contribution in [-0.4, -0.2) is 30.1 Å². The number of phenolic OH excluding ortho intramolecular Hbond substituents is 1. The molecular formula is C16H18ClN3O2. The summed E-state index contributed by atoms with van der Waals surface area (Å²) in [6.45, 7) is 0.409. The zero-order chi connectivity index (χ0) is 16.1. The molecule has 0 fully saturated rings. The predicted octanol–water partition coefficient (Wildman–Crippen LogP) is 2.37. The molecule has 116 valence electrons. The van der Waals surface area contributed by atoms with Gasteiger partial charge >= 0.3 is 0 Å². The maximum atomic E-state index is 12.0. The molecule has 22 heavy (non-hydrogen) atoms. The van der Waals surface area contributed by atoms with Crippen molar-refractivity contribution in [1.29, 1.82) is 0 Å². The van der Waals surface area contributed by atoms with E-state index in [1.807, 2.05) is 31.1 Å². The van der Waals surface area contributed by atoms with Crippen LogP contribution in [0.5, 0.6) is 5.75 Å². The van der Waals surface area contributed by atoms with Crippen LogP contribution in [0.2, 0.25) is 5.02 Å². The number of aromatic nitrogens is 1. The van der Waals surface area contributed by atoms with Crippen molar-refractivity contribution in [3.63, 3.8) is 0 Å². The summed E-state index contributed by atoms with van der Waals surface area (Å²) in [5, 5.41) is 12.5. The molecule has 0 saturated carbocycles. The molecular weight excluding hydrogens is 302 g/mol. The SMILES string of the molecule is CN(C)c1ncccc1CNC(=O)Cc1ccc(O)c(Cl)c1. The molecule has 0 aliphatic rings. The molecule has 6 heteroatoms. The highest BCUT2D eigenvalue weighted by molar-refractivity contribution is 6.32. The molecule has 2 aromatic rings. The number of anilines is 1. The van der Waals surface area contributed by atoms with Crippen LogP contribution in [0.25, 0.3) is 0 Å². The second-order valence-electron chi connectivity index (χ2n) is 5.12. The van der Waals surface area contributed by atoms with Gasteiger partial charge in [0.1, 0.15) is 11.6 Å². The first-order chi connectivity index (χ1) is 10.5. The minimum absolute atomic E-state index is 0.0109. The van der Waals surface area contributed by atoms with Gasteiger partial charge in [0.05, 0.1) is 11.4 Å². The van der Waals surface area contributed by atoms with E-state index < -0.39 is 0 Å². The Kier molecular flexibility index (Phi) is 5.22. The normalized spacial score (nSPS) is 10.3. The van der Waals surface area contributed by atoms with Crippen LogP contribution in [0.4, 0.5) is 5.82 Å². The van der Waals surface area contributed by atoms with E-state index in [4.69, 9.17) is 11.6 Å². The first kappa shape index (κ1) is 16.1. The van der Waals surface area contributed by atoms with E-state index in [0.717, 1.165) is 16.9 Å². The second-order valence-corrected chi connectivity index (χ2v) is 5.53. The average molecular weight is 320 g/mol. The van der Waals surface area contributed by atoms with E-state index in [1.54, 1.807) is 18.3 Å². The summed E-state index contributed by atoms with van der Waals surface area (Å²) in [6, 6.07) is 8.52. The summed E-state index contributed by atoms with van der Waals surface area (Å²) in [5.74, 6) is 0.725. The third kappa shape index (κ3) is 4.11. The van der Waals surface area contributed by atoms with Gasteiger partial charge in [-0.15, -0.1) is 0 Å². The molecule has 5 nitrogen and oxygen atoms in total. The van der Waals surface area contributed by atoms with E-state index in [-0.39, 0.29) is 23.1 Å². The van der Waals surface area contributed by atoms with Crippen molar-refractivity contribution < 1.29 is 9.90 Å². The summed E-state index contributed by atoms with van der Waals surface area (Å²) < 4.78 is 0. The van der Waals surface area contributed by atoms with Crippen LogP contribution in [0.3, 0.4) is 0 Å². The number of nitrogens with one attached hydrogen (secondary N) is 1. The van der Waals surface area contributed by atoms with Crippen LogP contribution in [0.1, 0.15) is 11.1 Å². The monoisotopic (exact) mass is 319 g/mol. The first-order valence-corrected chi connectivity index (χ1v) is 7.20. The zero-order valence-corrected chi connectivity index (χ0v) is 13.3. The number of rotatable bonds is 5. The Bertz CT molecular complexity index is 674. The van der Waals surface area contributed by atoms with Crippen molar-refractivity contribution >= 4 is 23.3 Å². The number of halogens is 1. The van der Waals surface area contributed by atoms with Crippen molar-refractivity contribution in [3.8, 4) is 5.75 Å². The molecule has 0 unspecified atom stereocenters. The topological polar surface area (TPSA) is 65.5 Å². The number of hydrogen-bond acceptors (Lipinski definition) is 4. The lowest BCUT2D eigenvalue weighted by Crippen LogP contribution is -2.26. The number of benzene rings is 1. The third-order valence-corrected chi connectivity index (χ3v) is 3.45. The lowest BCUT2D eigenvalue weighted by Gasteiger charge is -2.16. The smallest absolute Gasteiger partial charge is 0.224 e. The van der Waals surface area contributed by atoms with Crippen LogP contribution in [0, 0.1) is 0 Å². The fraction of sp³-hybridized carbons (Fsp3) is 0.250. The summed E-state index contributed by atoms with van der Waals surface area (Å²) >= 11 is 5.83. The number of pyridine rings is 1. The zero-order valence-electron chi connectivity index (χ0n) is 12.5. The minimum atomic E-state index is -0.115. The number of phenols is 1. The van der Waals surface area contributed by atoms with E-state index in [9.17, 15) is 9.90 Å². The van der Waals surface area contributed by atoms with Gasteiger partial charge in [0.15, 0.2) is 0 Å². The maximum Gasteiger partial charge on any atom is 0.224 e. The molecule has 1 amide bonds. The highest BCUT2D eigenvalue weighted by atomic mass is 35.5. The summed E-state index contributed by atoms with van der Waals surface area (Å²) in [7, 11) is 3.82. The number of aromatic hydroxyl groups is 1. The highest BCUT2D eigenvalue weighted by Crippen LogP contribution is 2.23. The summed E-state index contributed by atoms with van der Waals surface area (Å²) in [6.07, 6.45) is 1.93. The van der Waals surface area contributed by atoms with Gasteiger partial charge in [-0.05, 0) is 23.8 Å². The molecule has 0 aliphatic heterocycles. The maximum absolute atomic E-state index is 12.0. The van der Waals surface area contributed by atoms with Gasteiger partial charge in [0.25, 0.3) is 0 Å². The van der Waals surface area contributed by atoms with Crippen LogP contribution in [0.15, 0.2) is 36.5 Å². The molecule has 2 N–H and O–H groups in total. The Morgan fingerprint density at radius 2 is 2.14 bits per heavy atom. The van der Waals surface area contributed by atoms with Crippen LogP contribution < -0.4 is 10.2 Å². The number of hydrogen-bond donors (Lipinski definition) is 2. The second kappa shape index (κ2) is 7.13. The van der Waals surface area contributed by atoms with Gasteiger partial charge in [0, 0.05) is 32.4 Å². The fourth-order valence-electron chi connectivity index (χ4n) is 2.07. The number of carbonyl (C=O) groups is 1. The molecule has 0 bridgehead atoms. The molecule has 1 aromatic heterocycles. The Hall–Kier alpha value is -2.27. The number of amides is 1. The quantitative estimate of drug-likeness (QED) is 0.888. The van der Waals surface area contributed by atoms with Gasteiger partial charge in [0.2, 0.25) is 5.91 Å². The van der Waals surface area contributed by atoms with Crippen molar-refractivity contribution in [1.82, 2.24) is 10.3 Å². The average Bonchev–Trinajstić information content (AvgIpc) is 2.49. The van der Waals surface area contributed by atoms with E-state index in [1.165, 1.54) is 6.07 Å². The lowest BCUT2D eigenvalue weighted by atomic mass is 10.1. The first-order valence-electron chi connectivity index (χ1n) is 6.82. The molecule has 0 atom stereocenters. The van der Waals surface area contributed by atoms with Crippen LogP contribution in [-0.2, 0) is 17.8 Å². The summed E-state index contributed by atoms with van der Waals surface area (Å²) in [4.78, 5) is 18.2. The molecule has 0 radical (unpaired) electrons. The molecule has 0 saturated heterocycles. The Morgan fingerprint density at radius 3 is 2.82 bits per heavy atom. The Labute approximate surface area is 134 Å². The largest absolute Gasteiger partial charge is 0.506 e. The fourth-order valence-corrected chi connectivity index (χ4v) is 2.28. The molecule has 0 aliphatic carbocycles. The van der Waals surface area contributed by atoms with Gasteiger partial charge in [-0.1, -0.05) is 23.7 Å². The van der Waals surface area contributed by atoms with Gasteiger partial charge < -0.3 is 15.3 Å². The molecule has 0 spiro atoms. The number of carbonyl (C=O) groups excluding carboxylic acids is 1. The standard InChI is InChI=1S/C16H18ClN3O2/c1-20(2)16-12(4-3-7-18-16)10-19-15(22)9-11-5-6-14(21)13(17)8-11/h3-8,21H,9-10H2,1-2H3,(H,19,22). The molecule has 2 rings (SSSR count). The van der Waals surface area contributed by atoms with Gasteiger partial charge in [-0.3, -0.25) is 4.79 Å². The van der Waals surface area contributed by atoms with Crippen molar-refractivity contribution in [2.24, 2.45) is 0 Å². The minimum Gasteiger partial charge on any atom is -0.506 e. The lowest BCUT2D eigenvalue weighted by molar-refractivity contribution is -0.120.